The Morgan fingerprint density at radius 2 is 1.55 bits per heavy atom. The third-order valence-electron chi connectivity index (χ3n) is 4.88. The molecule has 0 atom stereocenters. The van der Waals surface area contributed by atoms with Gasteiger partial charge in [-0.25, -0.2) is 4.68 Å². The molecule has 148 valence electrons. The quantitative estimate of drug-likeness (QED) is 0.494. The van der Waals surface area contributed by atoms with Crippen LogP contribution in [0.15, 0.2) is 66.7 Å². The third-order valence-corrected chi connectivity index (χ3v) is 4.88. The van der Waals surface area contributed by atoms with E-state index in [4.69, 9.17) is 5.73 Å². The number of aryl methyl sites for hydroxylation is 1. The second-order valence-electron chi connectivity index (χ2n) is 6.87. The zero-order chi connectivity index (χ0) is 20.8. The number of hydrogen-bond acceptors (Lipinski definition) is 2. The maximum Gasteiger partial charge on any atom is 0.416 e. The fourth-order valence-electron chi connectivity index (χ4n) is 3.54. The van der Waals surface area contributed by atoms with Gasteiger partial charge in [-0.2, -0.15) is 18.3 Å². The van der Waals surface area contributed by atoms with Gasteiger partial charge in [-0.3, -0.25) is 0 Å². The summed E-state index contributed by atoms with van der Waals surface area (Å²) >= 11 is 0. The van der Waals surface area contributed by atoms with Crippen LogP contribution in [0.4, 0.5) is 19.0 Å². The van der Waals surface area contributed by atoms with Crippen molar-refractivity contribution in [1.82, 2.24) is 14.3 Å². The highest BCUT2D eigenvalue weighted by Crippen LogP contribution is 2.33. The Kier molecular flexibility index (Phi) is 4.45. The van der Waals surface area contributed by atoms with Crippen molar-refractivity contribution in [1.29, 1.82) is 0 Å². The lowest BCUT2D eigenvalue weighted by Gasteiger charge is -2.10. The Morgan fingerprint density at radius 1 is 0.862 bits per heavy atom. The molecule has 0 aliphatic rings. The first-order valence-electron chi connectivity index (χ1n) is 9.03. The van der Waals surface area contributed by atoms with Crippen LogP contribution in [-0.2, 0) is 6.18 Å². The van der Waals surface area contributed by atoms with E-state index in [0.717, 1.165) is 34.8 Å². The molecule has 0 radical (unpaired) electrons. The van der Waals surface area contributed by atoms with Gasteiger partial charge in [0.05, 0.1) is 16.9 Å². The molecule has 0 bridgehead atoms. The van der Waals surface area contributed by atoms with Crippen molar-refractivity contribution < 1.29 is 13.2 Å². The predicted molar refractivity (Wildman–Crippen MR) is 107 cm³/mol. The Hall–Kier alpha value is -3.48. The standard InChI is InChI=1S/C22H19F3N4/c1-14-11-19(15(2)28(14)17-8-4-3-5-9-17)20-13-21(26)29(27-20)18-10-6-7-16(12-18)22(23,24)25/h3-13H,26H2,1-2H3. The molecule has 2 heterocycles. The topological polar surface area (TPSA) is 48.8 Å². The molecule has 0 aliphatic heterocycles. The SMILES string of the molecule is Cc1cc(-c2cc(N)n(-c3cccc(C(F)(F)F)c3)n2)c(C)n1-c1ccccc1. The molecule has 0 fully saturated rings. The van der Waals surface area contributed by atoms with Gasteiger partial charge < -0.3 is 10.3 Å². The minimum atomic E-state index is -4.43. The van der Waals surface area contributed by atoms with Gasteiger partial charge in [0.25, 0.3) is 0 Å². The summed E-state index contributed by atoms with van der Waals surface area (Å²) in [6.45, 7) is 3.98. The van der Waals surface area contributed by atoms with E-state index in [1.165, 1.54) is 10.7 Å². The molecule has 4 nitrogen and oxygen atoms in total. The Labute approximate surface area is 166 Å². The van der Waals surface area contributed by atoms with Crippen LogP contribution in [0.5, 0.6) is 0 Å². The monoisotopic (exact) mass is 396 g/mol. The number of para-hydroxylation sites is 1. The highest BCUT2D eigenvalue weighted by atomic mass is 19.4. The van der Waals surface area contributed by atoms with Gasteiger partial charge in [-0.15, -0.1) is 0 Å². The van der Waals surface area contributed by atoms with Crippen molar-refractivity contribution >= 4 is 5.82 Å². The van der Waals surface area contributed by atoms with E-state index in [9.17, 15) is 13.2 Å². The van der Waals surface area contributed by atoms with Crippen LogP contribution in [0.1, 0.15) is 17.0 Å². The molecule has 0 amide bonds. The lowest BCUT2D eigenvalue weighted by atomic mass is 10.2. The molecular weight excluding hydrogens is 377 g/mol. The van der Waals surface area contributed by atoms with Crippen molar-refractivity contribution in [2.75, 3.05) is 5.73 Å². The number of nitrogens with two attached hydrogens (primary N) is 1. The number of rotatable bonds is 3. The maximum atomic E-state index is 13.1. The molecule has 29 heavy (non-hydrogen) atoms. The fraction of sp³-hybridized carbons (Fsp3) is 0.136. The van der Waals surface area contributed by atoms with E-state index in [0.29, 0.717) is 5.69 Å². The summed E-state index contributed by atoms with van der Waals surface area (Å²) in [7, 11) is 0. The number of alkyl halides is 3. The normalized spacial score (nSPS) is 11.8. The van der Waals surface area contributed by atoms with Crippen LogP contribution < -0.4 is 5.73 Å². The summed E-state index contributed by atoms with van der Waals surface area (Å²) in [5.74, 6) is 0.267. The van der Waals surface area contributed by atoms with Gasteiger partial charge in [0, 0.05) is 28.7 Å². The molecule has 0 saturated carbocycles. The number of nitrogens with zero attached hydrogens (tertiary/aromatic N) is 3. The molecule has 2 N–H and O–H groups in total. The second kappa shape index (κ2) is 6.84. The van der Waals surface area contributed by atoms with Gasteiger partial charge in [-0.1, -0.05) is 24.3 Å². The highest BCUT2D eigenvalue weighted by molar-refractivity contribution is 5.68. The minimum Gasteiger partial charge on any atom is -0.384 e. The number of benzene rings is 2. The van der Waals surface area contributed by atoms with Gasteiger partial charge in [0.1, 0.15) is 5.82 Å². The van der Waals surface area contributed by atoms with Gasteiger partial charge in [0.15, 0.2) is 0 Å². The van der Waals surface area contributed by atoms with Gasteiger partial charge in [-0.05, 0) is 50.2 Å². The van der Waals surface area contributed by atoms with E-state index < -0.39 is 11.7 Å². The lowest BCUT2D eigenvalue weighted by Crippen LogP contribution is -2.07. The highest BCUT2D eigenvalue weighted by Gasteiger charge is 2.30. The van der Waals surface area contributed by atoms with Crippen LogP contribution in [0, 0.1) is 13.8 Å². The number of nitrogen functional groups attached to an aromatic ring is 1. The zero-order valence-corrected chi connectivity index (χ0v) is 15.9. The Morgan fingerprint density at radius 3 is 2.24 bits per heavy atom. The molecule has 0 aliphatic carbocycles. The second-order valence-corrected chi connectivity index (χ2v) is 6.87. The average Bonchev–Trinajstić information content (AvgIpc) is 3.21. The smallest absolute Gasteiger partial charge is 0.384 e. The molecule has 2 aromatic carbocycles. The first-order chi connectivity index (χ1) is 13.8. The first kappa shape index (κ1) is 18.9. The number of hydrogen-bond donors (Lipinski definition) is 1. The maximum absolute atomic E-state index is 13.1. The van der Waals surface area contributed by atoms with Crippen LogP contribution in [0.25, 0.3) is 22.6 Å². The number of aromatic nitrogens is 3. The van der Waals surface area contributed by atoms with E-state index in [1.54, 1.807) is 12.1 Å². The number of halogens is 3. The van der Waals surface area contributed by atoms with E-state index in [1.807, 2.05) is 50.2 Å². The van der Waals surface area contributed by atoms with Crippen molar-refractivity contribution in [2.24, 2.45) is 0 Å². The summed E-state index contributed by atoms with van der Waals surface area (Å²) in [5, 5.41) is 4.49. The molecule has 2 aromatic heterocycles. The van der Waals surface area contributed by atoms with E-state index >= 15 is 0 Å². The van der Waals surface area contributed by atoms with Crippen molar-refractivity contribution in [3.63, 3.8) is 0 Å². The van der Waals surface area contributed by atoms with E-state index in [2.05, 4.69) is 9.67 Å². The predicted octanol–water partition coefficient (Wildman–Crippen LogP) is 5.55. The van der Waals surface area contributed by atoms with Crippen molar-refractivity contribution in [3.05, 3.63) is 83.7 Å². The average molecular weight is 396 g/mol. The Bertz CT molecular complexity index is 1170. The molecule has 0 saturated heterocycles. The summed E-state index contributed by atoms with van der Waals surface area (Å²) in [5.41, 5.74) is 10.1. The van der Waals surface area contributed by atoms with Gasteiger partial charge in [0.2, 0.25) is 0 Å². The van der Waals surface area contributed by atoms with E-state index in [-0.39, 0.29) is 11.5 Å². The number of anilines is 1. The summed E-state index contributed by atoms with van der Waals surface area (Å²) in [6.07, 6.45) is -4.43. The van der Waals surface area contributed by atoms with Crippen LogP contribution >= 0.6 is 0 Å². The third kappa shape index (κ3) is 3.40. The minimum absolute atomic E-state index is 0.264. The van der Waals surface area contributed by atoms with Gasteiger partial charge >= 0.3 is 6.18 Å². The zero-order valence-electron chi connectivity index (χ0n) is 15.9. The summed E-state index contributed by atoms with van der Waals surface area (Å²) < 4.78 is 42.6. The largest absolute Gasteiger partial charge is 0.416 e. The van der Waals surface area contributed by atoms with Crippen molar-refractivity contribution in [3.8, 4) is 22.6 Å². The van der Waals surface area contributed by atoms with Crippen molar-refractivity contribution in [2.45, 2.75) is 20.0 Å². The molecular formula is C22H19F3N4. The molecule has 7 heteroatoms. The first-order valence-corrected chi connectivity index (χ1v) is 9.03. The molecule has 0 spiro atoms. The summed E-state index contributed by atoms with van der Waals surface area (Å²) in [6, 6.07) is 18.6. The molecule has 0 unspecified atom stereocenters. The fourth-order valence-corrected chi connectivity index (χ4v) is 3.54. The van der Waals surface area contributed by atoms with Crippen LogP contribution in [0.2, 0.25) is 0 Å². The molecule has 4 aromatic rings. The molecule has 4 rings (SSSR count). The van der Waals surface area contributed by atoms with Crippen LogP contribution in [-0.4, -0.2) is 14.3 Å². The van der Waals surface area contributed by atoms with Crippen LogP contribution in [0.3, 0.4) is 0 Å². The summed E-state index contributed by atoms with van der Waals surface area (Å²) in [4.78, 5) is 0. The lowest BCUT2D eigenvalue weighted by molar-refractivity contribution is -0.137. The Balaban J connectivity index is 1.79.